The van der Waals surface area contributed by atoms with E-state index in [0.29, 0.717) is 18.0 Å². The van der Waals surface area contributed by atoms with Gasteiger partial charge in [-0.15, -0.1) is 0 Å². The molecule has 0 saturated heterocycles. The highest BCUT2D eigenvalue weighted by Gasteiger charge is 2.20. The second kappa shape index (κ2) is 7.58. The number of anilines is 1. The van der Waals surface area contributed by atoms with E-state index in [1.807, 2.05) is 37.3 Å². The molecule has 0 spiro atoms. The number of carbonyl (C=O) groups excluding carboxylic acids is 2. The predicted molar refractivity (Wildman–Crippen MR) is 86.8 cm³/mol. The number of rotatable bonds is 6. The number of hydrogen-bond acceptors (Lipinski definition) is 4. The van der Waals surface area contributed by atoms with Crippen molar-refractivity contribution in [1.82, 2.24) is 10.5 Å². The fraction of sp³-hybridized carbons (Fsp3) is 0.353. The quantitative estimate of drug-likeness (QED) is 0.856. The standard InChI is InChI=1S/C17H21N3O3/c1-11(9-14-7-5-4-6-8-14)16(21)18-13(3)17(22)19-15-10-12(2)23-20-15/h4-8,10-11,13H,9H2,1-3H3,(H,18,21)(H,19,20,22)/t11?,13-/m1/s1. The van der Waals surface area contributed by atoms with E-state index in [0.717, 1.165) is 5.56 Å². The molecule has 2 aromatic rings. The fourth-order valence-electron chi connectivity index (χ4n) is 2.14. The molecule has 0 bridgehead atoms. The number of carbonyl (C=O) groups is 2. The SMILES string of the molecule is Cc1cc(NC(=O)[C@@H](C)NC(=O)C(C)Cc2ccccc2)no1. The molecule has 0 aliphatic heterocycles. The summed E-state index contributed by atoms with van der Waals surface area (Å²) >= 11 is 0. The van der Waals surface area contributed by atoms with Crippen molar-refractivity contribution in [2.75, 3.05) is 5.32 Å². The molecule has 0 aliphatic rings. The zero-order valence-corrected chi connectivity index (χ0v) is 13.5. The summed E-state index contributed by atoms with van der Waals surface area (Å²) in [5, 5.41) is 9.00. The Morgan fingerprint density at radius 2 is 1.87 bits per heavy atom. The van der Waals surface area contributed by atoms with Gasteiger partial charge in [-0.3, -0.25) is 9.59 Å². The zero-order valence-electron chi connectivity index (χ0n) is 13.5. The van der Waals surface area contributed by atoms with E-state index >= 15 is 0 Å². The Morgan fingerprint density at radius 1 is 1.17 bits per heavy atom. The third-order valence-electron chi connectivity index (χ3n) is 3.46. The van der Waals surface area contributed by atoms with Crippen LogP contribution in [0.4, 0.5) is 5.82 Å². The molecule has 1 heterocycles. The van der Waals surface area contributed by atoms with Crippen LogP contribution in [0.3, 0.4) is 0 Å². The molecule has 2 atom stereocenters. The first kappa shape index (κ1) is 16.7. The molecule has 122 valence electrons. The van der Waals surface area contributed by atoms with Crippen molar-refractivity contribution < 1.29 is 14.1 Å². The Balaban J connectivity index is 1.84. The van der Waals surface area contributed by atoms with Gasteiger partial charge in [0, 0.05) is 12.0 Å². The van der Waals surface area contributed by atoms with Crippen LogP contribution < -0.4 is 10.6 Å². The van der Waals surface area contributed by atoms with Crippen molar-refractivity contribution in [2.24, 2.45) is 5.92 Å². The van der Waals surface area contributed by atoms with Crippen LogP contribution in [-0.4, -0.2) is 23.0 Å². The summed E-state index contributed by atoms with van der Waals surface area (Å²) in [4.78, 5) is 24.2. The smallest absolute Gasteiger partial charge is 0.247 e. The number of nitrogens with zero attached hydrogens (tertiary/aromatic N) is 1. The van der Waals surface area contributed by atoms with Crippen molar-refractivity contribution >= 4 is 17.6 Å². The van der Waals surface area contributed by atoms with Gasteiger partial charge in [0.2, 0.25) is 11.8 Å². The average molecular weight is 315 g/mol. The van der Waals surface area contributed by atoms with Crippen LogP contribution >= 0.6 is 0 Å². The molecule has 0 fully saturated rings. The zero-order chi connectivity index (χ0) is 16.8. The lowest BCUT2D eigenvalue weighted by molar-refractivity contribution is -0.128. The van der Waals surface area contributed by atoms with E-state index in [2.05, 4.69) is 15.8 Å². The molecule has 1 unspecified atom stereocenters. The largest absolute Gasteiger partial charge is 0.360 e. The van der Waals surface area contributed by atoms with Gasteiger partial charge in [-0.1, -0.05) is 42.4 Å². The number of aryl methyl sites for hydroxylation is 1. The molecule has 0 saturated carbocycles. The first-order chi connectivity index (χ1) is 11.0. The van der Waals surface area contributed by atoms with E-state index in [4.69, 9.17) is 4.52 Å². The summed E-state index contributed by atoms with van der Waals surface area (Å²) in [6.07, 6.45) is 0.628. The van der Waals surface area contributed by atoms with Crippen LogP contribution in [-0.2, 0) is 16.0 Å². The van der Waals surface area contributed by atoms with E-state index in [1.165, 1.54) is 0 Å². The number of amides is 2. The minimum atomic E-state index is -0.655. The summed E-state index contributed by atoms with van der Waals surface area (Å²) in [7, 11) is 0. The number of benzene rings is 1. The van der Waals surface area contributed by atoms with E-state index in [-0.39, 0.29) is 17.7 Å². The van der Waals surface area contributed by atoms with Crippen LogP contribution in [0.15, 0.2) is 40.9 Å². The molecule has 2 N–H and O–H groups in total. The molecular weight excluding hydrogens is 294 g/mol. The summed E-state index contributed by atoms with van der Waals surface area (Å²) in [5.74, 6) is 0.229. The van der Waals surface area contributed by atoms with Gasteiger partial charge in [0.25, 0.3) is 0 Å². The third kappa shape index (κ3) is 4.95. The lowest BCUT2D eigenvalue weighted by Crippen LogP contribution is -2.44. The van der Waals surface area contributed by atoms with Crippen LogP contribution in [0, 0.1) is 12.8 Å². The van der Waals surface area contributed by atoms with Gasteiger partial charge < -0.3 is 15.2 Å². The Morgan fingerprint density at radius 3 is 2.48 bits per heavy atom. The highest BCUT2D eigenvalue weighted by atomic mass is 16.5. The molecule has 6 nitrogen and oxygen atoms in total. The Bertz CT molecular complexity index is 667. The minimum absolute atomic E-state index is 0.159. The van der Waals surface area contributed by atoms with Crippen LogP contribution in [0.2, 0.25) is 0 Å². The second-order valence-corrected chi connectivity index (χ2v) is 5.63. The molecule has 23 heavy (non-hydrogen) atoms. The van der Waals surface area contributed by atoms with E-state index in [1.54, 1.807) is 19.9 Å². The number of nitrogens with one attached hydrogen (secondary N) is 2. The van der Waals surface area contributed by atoms with Crippen molar-refractivity contribution in [2.45, 2.75) is 33.2 Å². The lowest BCUT2D eigenvalue weighted by Gasteiger charge is -2.17. The van der Waals surface area contributed by atoms with Crippen molar-refractivity contribution in [3.05, 3.63) is 47.7 Å². The van der Waals surface area contributed by atoms with Gasteiger partial charge in [0.1, 0.15) is 11.8 Å². The normalized spacial score (nSPS) is 13.2. The molecule has 2 amide bonds. The molecule has 0 radical (unpaired) electrons. The summed E-state index contributed by atoms with van der Waals surface area (Å²) < 4.78 is 4.88. The summed E-state index contributed by atoms with van der Waals surface area (Å²) in [6, 6.07) is 10.7. The maximum absolute atomic E-state index is 12.2. The Kier molecular flexibility index (Phi) is 5.51. The first-order valence-electron chi connectivity index (χ1n) is 7.54. The minimum Gasteiger partial charge on any atom is -0.360 e. The highest BCUT2D eigenvalue weighted by molar-refractivity contribution is 5.96. The highest BCUT2D eigenvalue weighted by Crippen LogP contribution is 2.10. The Hall–Kier alpha value is -2.63. The van der Waals surface area contributed by atoms with Gasteiger partial charge in [0.15, 0.2) is 5.82 Å². The summed E-state index contributed by atoms with van der Waals surface area (Å²) in [6.45, 7) is 5.21. The maximum atomic E-state index is 12.2. The topological polar surface area (TPSA) is 84.2 Å². The molecule has 2 rings (SSSR count). The van der Waals surface area contributed by atoms with Crippen molar-refractivity contribution in [1.29, 1.82) is 0 Å². The molecule has 6 heteroatoms. The predicted octanol–water partition coefficient (Wildman–Crippen LogP) is 2.31. The third-order valence-corrected chi connectivity index (χ3v) is 3.46. The van der Waals surface area contributed by atoms with E-state index < -0.39 is 6.04 Å². The number of hydrogen-bond donors (Lipinski definition) is 2. The van der Waals surface area contributed by atoms with Gasteiger partial charge in [-0.25, -0.2) is 0 Å². The van der Waals surface area contributed by atoms with Crippen molar-refractivity contribution in [3.63, 3.8) is 0 Å². The summed E-state index contributed by atoms with van der Waals surface area (Å²) in [5.41, 5.74) is 1.09. The second-order valence-electron chi connectivity index (χ2n) is 5.63. The molecule has 1 aromatic heterocycles. The molecule has 1 aromatic carbocycles. The van der Waals surface area contributed by atoms with Crippen LogP contribution in [0.25, 0.3) is 0 Å². The van der Waals surface area contributed by atoms with Gasteiger partial charge in [0.05, 0.1) is 0 Å². The van der Waals surface area contributed by atoms with Crippen LogP contribution in [0.5, 0.6) is 0 Å². The van der Waals surface area contributed by atoms with Crippen LogP contribution in [0.1, 0.15) is 25.2 Å². The average Bonchev–Trinajstić information content (AvgIpc) is 2.93. The molecule has 0 aliphatic carbocycles. The molecular formula is C17H21N3O3. The lowest BCUT2D eigenvalue weighted by atomic mass is 10.00. The number of aromatic nitrogens is 1. The Labute approximate surface area is 135 Å². The van der Waals surface area contributed by atoms with Gasteiger partial charge in [-0.2, -0.15) is 0 Å². The maximum Gasteiger partial charge on any atom is 0.247 e. The first-order valence-corrected chi connectivity index (χ1v) is 7.54. The fourth-order valence-corrected chi connectivity index (χ4v) is 2.14. The van der Waals surface area contributed by atoms with Gasteiger partial charge >= 0.3 is 0 Å². The monoisotopic (exact) mass is 315 g/mol. The van der Waals surface area contributed by atoms with Gasteiger partial charge in [-0.05, 0) is 25.8 Å². The van der Waals surface area contributed by atoms with E-state index in [9.17, 15) is 9.59 Å². The van der Waals surface area contributed by atoms with Crippen molar-refractivity contribution in [3.8, 4) is 0 Å².